The molecule has 0 aliphatic rings. The fourth-order valence-electron chi connectivity index (χ4n) is 0.801. The molecular formula is C12H18O3. The van der Waals surface area contributed by atoms with Crippen LogP contribution in [0.25, 0.3) is 0 Å². The van der Waals surface area contributed by atoms with E-state index in [9.17, 15) is 4.79 Å². The van der Waals surface area contributed by atoms with Crippen LogP contribution >= 0.6 is 0 Å². The first kappa shape index (κ1) is 13.5. The SMILES string of the molecule is CCC(C)=CC=C(C=COC)C(=O)OC. The van der Waals surface area contributed by atoms with Crippen LogP contribution in [0, 0.1) is 0 Å². The van der Waals surface area contributed by atoms with Gasteiger partial charge >= 0.3 is 5.97 Å². The molecule has 15 heavy (non-hydrogen) atoms. The first-order chi connectivity index (χ1) is 7.15. The number of methoxy groups -OCH3 is 2. The third-order valence-electron chi connectivity index (χ3n) is 1.91. The molecule has 0 amide bonds. The Labute approximate surface area is 91.1 Å². The molecule has 0 atom stereocenters. The second-order valence-corrected chi connectivity index (χ2v) is 3.02. The van der Waals surface area contributed by atoms with Gasteiger partial charge in [0.1, 0.15) is 0 Å². The first-order valence-electron chi connectivity index (χ1n) is 4.80. The highest BCUT2D eigenvalue weighted by Gasteiger charge is 2.04. The summed E-state index contributed by atoms with van der Waals surface area (Å²) in [6, 6.07) is 0. The average Bonchev–Trinajstić information content (AvgIpc) is 2.27. The fraction of sp³-hybridized carbons (Fsp3) is 0.417. The minimum atomic E-state index is -0.372. The van der Waals surface area contributed by atoms with Crippen LogP contribution in [-0.4, -0.2) is 20.2 Å². The maximum Gasteiger partial charge on any atom is 0.337 e. The van der Waals surface area contributed by atoms with Gasteiger partial charge in [-0.3, -0.25) is 0 Å². The van der Waals surface area contributed by atoms with Gasteiger partial charge in [0.25, 0.3) is 0 Å². The molecule has 3 nitrogen and oxygen atoms in total. The van der Waals surface area contributed by atoms with E-state index < -0.39 is 0 Å². The number of allylic oxidation sites excluding steroid dienone is 3. The van der Waals surface area contributed by atoms with Crippen molar-refractivity contribution >= 4 is 5.97 Å². The van der Waals surface area contributed by atoms with Crippen LogP contribution in [0.3, 0.4) is 0 Å². The number of ether oxygens (including phenoxy) is 2. The van der Waals surface area contributed by atoms with E-state index in [0.717, 1.165) is 6.42 Å². The van der Waals surface area contributed by atoms with Gasteiger partial charge in [0.15, 0.2) is 0 Å². The molecule has 84 valence electrons. The molecule has 0 radical (unpaired) electrons. The van der Waals surface area contributed by atoms with Gasteiger partial charge in [-0.05, 0) is 25.5 Å². The Bertz CT molecular complexity index is 285. The Hall–Kier alpha value is -1.51. The van der Waals surface area contributed by atoms with Gasteiger partial charge in [0, 0.05) is 0 Å². The van der Waals surface area contributed by atoms with Crippen molar-refractivity contribution in [2.75, 3.05) is 14.2 Å². The van der Waals surface area contributed by atoms with Crippen LogP contribution in [0.15, 0.2) is 35.6 Å². The predicted octanol–water partition coefficient (Wildman–Crippen LogP) is 2.60. The summed E-state index contributed by atoms with van der Waals surface area (Å²) in [7, 11) is 2.88. The van der Waals surface area contributed by atoms with Crippen molar-refractivity contribution in [2.45, 2.75) is 20.3 Å². The van der Waals surface area contributed by atoms with Crippen molar-refractivity contribution in [2.24, 2.45) is 0 Å². The molecule has 0 rings (SSSR count). The van der Waals surface area contributed by atoms with Gasteiger partial charge < -0.3 is 9.47 Å². The van der Waals surface area contributed by atoms with Crippen LogP contribution in [0.1, 0.15) is 20.3 Å². The van der Waals surface area contributed by atoms with E-state index >= 15 is 0 Å². The summed E-state index contributed by atoms with van der Waals surface area (Å²) in [5, 5.41) is 0. The molecule has 0 aromatic heterocycles. The zero-order valence-electron chi connectivity index (χ0n) is 9.74. The van der Waals surface area contributed by atoms with Gasteiger partial charge in [-0.2, -0.15) is 0 Å². The second-order valence-electron chi connectivity index (χ2n) is 3.02. The van der Waals surface area contributed by atoms with Crippen molar-refractivity contribution in [1.29, 1.82) is 0 Å². The van der Waals surface area contributed by atoms with Gasteiger partial charge in [-0.1, -0.05) is 18.6 Å². The normalized spacial score (nSPS) is 13.1. The topological polar surface area (TPSA) is 35.5 Å². The largest absolute Gasteiger partial charge is 0.504 e. The number of esters is 1. The Morgan fingerprint density at radius 2 is 1.93 bits per heavy atom. The van der Waals surface area contributed by atoms with Crippen molar-refractivity contribution in [3.05, 3.63) is 35.6 Å². The molecule has 0 aliphatic heterocycles. The molecule has 0 saturated heterocycles. The molecule has 0 N–H and O–H groups in total. The molecule has 0 saturated carbocycles. The number of carbonyl (C=O) groups excluding carboxylic acids is 1. The Morgan fingerprint density at radius 3 is 2.40 bits per heavy atom. The summed E-state index contributed by atoms with van der Waals surface area (Å²) in [5.41, 5.74) is 1.66. The lowest BCUT2D eigenvalue weighted by atomic mass is 10.2. The summed E-state index contributed by atoms with van der Waals surface area (Å²) in [6.07, 6.45) is 7.59. The van der Waals surface area contributed by atoms with E-state index in [0.29, 0.717) is 5.57 Å². The van der Waals surface area contributed by atoms with Crippen LogP contribution < -0.4 is 0 Å². The van der Waals surface area contributed by atoms with E-state index in [1.807, 2.05) is 13.0 Å². The standard InChI is InChI=1S/C12H18O3/c1-5-10(2)6-7-11(8-9-14-3)12(13)15-4/h6-9H,5H2,1-4H3. The van der Waals surface area contributed by atoms with Gasteiger partial charge in [0.05, 0.1) is 26.1 Å². The van der Waals surface area contributed by atoms with Crippen LogP contribution in [-0.2, 0) is 14.3 Å². The van der Waals surface area contributed by atoms with Crippen molar-refractivity contribution in [3.8, 4) is 0 Å². The van der Waals surface area contributed by atoms with E-state index in [1.54, 1.807) is 12.2 Å². The second kappa shape index (κ2) is 7.85. The molecule has 0 bridgehead atoms. The van der Waals surface area contributed by atoms with Crippen molar-refractivity contribution in [1.82, 2.24) is 0 Å². The molecule has 0 spiro atoms. The third-order valence-corrected chi connectivity index (χ3v) is 1.91. The van der Waals surface area contributed by atoms with Crippen LogP contribution in [0.2, 0.25) is 0 Å². The molecule has 0 aliphatic carbocycles. The minimum Gasteiger partial charge on any atom is -0.504 e. The molecular weight excluding hydrogens is 192 g/mol. The minimum absolute atomic E-state index is 0.372. The van der Waals surface area contributed by atoms with Crippen LogP contribution in [0.5, 0.6) is 0 Å². The highest BCUT2D eigenvalue weighted by Crippen LogP contribution is 2.04. The first-order valence-corrected chi connectivity index (χ1v) is 4.80. The van der Waals surface area contributed by atoms with Gasteiger partial charge in [-0.25, -0.2) is 4.79 Å². The zero-order valence-corrected chi connectivity index (χ0v) is 9.74. The molecule has 3 heteroatoms. The lowest BCUT2D eigenvalue weighted by Gasteiger charge is -1.98. The van der Waals surface area contributed by atoms with Crippen molar-refractivity contribution in [3.63, 3.8) is 0 Å². The summed E-state index contributed by atoms with van der Waals surface area (Å²) < 4.78 is 9.38. The molecule has 0 fully saturated rings. The molecule has 0 unspecified atom stereocenters. The van der Waals surface area contributed by atoms with E-state index in [-0.39, 0.29) is 5.97 Å². The van der Waals surface area contributed by atoms with Crippen molar-refractivity contribution < 1.29 is 14.3 Å². The number of rotatable bonds is 5. The monoisotopic (exact) mass is 210 g/mol. The zero-order chi connectivity index (χ0) is 11.7. The summed E-state index contributed by atoms with van der Waals surface area (Å²) in [6.45, 7) is 4.06. The van der Waals surface area contributed by atoms with Gasteiger partial charge in [0.2, 0.25) is 0 Å². The van der Waals surface area contributed by atoms with Gasteiger partial charge in [-0.15, -0.1) is 0 Å². The summed E-state index contributed by atoms with van der Waals surface area (Å²) in [5.74, 6) is -0.372. The Kier molecular flexibility index (Phi) is 7.06. The fourth-order valence-corrected chi connectivity index (χ4v) is 0.801. The third kappa shape index (κ3) is 5.73. The summed E-state index contributed by atoms with van der Waals surface area (Å²) in [4.78, 5) is 11.3. The molecule has 0 heterocycles. The number of hydrogen-bond acceptors (Lipinski definition) is 3. The lowest BCUT2D eigenvalue weighted by molar-refractivity contribution is -0.135. The van der Waals surface area contributed by atoms with Crippen LogP contribution in [0.4, 0.5) is 0 Å². The Morgan fingerprint density at radius 1 is 1.27 bits per heavy atom. The maximum absolute atomic E-state index is 11.3. The highest BCUT2D eigenvalue weighted by molar-refractivity contribution is 5.91. The lowest BCUT2D eigenvalue weighted by Crippen LogP contribution is -2.02. The molecule has 0 aromatic rings. The van der Waals surface area contributed by atoms with E-state index in [2.05, 4.69) is 11.7 Å². The highest BCUT2D eigenvalue weighted by atomic mass is 16.5. The summed E-state index contributed by atoms with van der Waals surface area (Å²) >= 11 is 0. The van der Waals surface area contributed by atoms with E-state index in [4.69, 9.17) is 4.74 Å². The average molecular weight is 210 g/mol. The predicted molar refractivity (Wildman–Crippen MR) is 60.3 cm³/mol. The smallest absolute Gasteiger partial charge is 0.337 e. The number of carbonyl (C=O) groups is 1. The number of hydrogen-bond donors (Lipinski definition) is 0. The quantitative estimate of drug-likeness (QED) is 0.303. The Balaban J connectivity index is 4.77. The van der Waals surface area contributed by atoms with E-state index in [1.165, 1.54) is 26.1 Å². The molecule has 0 aromatic carbocycles. The maximum atomic E-state index is 11.3.